The van der Waals surface area contributed by atoms with Gasteiger partial charge in [0.15, 0.2) is 0 Å². The second-order valence-electron chi connectivity index (χ2n) is 4.15. The van der Waals surface area contributed by atoms with Gasteiger partial charge in [-0.1, -0.05) is 51.2 Å². The standard InChI is InChI=1S/C13H25Cl/c1-4-6-9-13(5-2)11-12(3)8-7-10-14/h8,13H,4-7,9-11H2,1-3H3. The molecule has 1 atom stereocenters. The van der Waals surface area contributed by atoms with Crippen LogP contribution in [-0.4, -0.2) is 5.88 Å². The lowest BCUT2D eigenvalue weighted by molar-refractivity contribution is 0.447. The summed E-state index contributed by atoms with van der Waals surface area (Å²) in [6.07, 6.45) is 9.99. The maximum absolute atomic E-state index is 5.66. The Hall–Kier alpha value is 0.0300. The first-order valence-electron chi connectivity index (χ1n) is 5.96. The minimum absolute atomic E-state index is 0.753. The second kappa shape index (κ2) is 9.58. The van der Waals surface area contributed by atoms with Crippen LogP contribution in [0.1, 0.15) is 59.3 Å². The summed E-state index contributed by atoms with van der Waals surface area (Å²) < 4.78 is 0. The van der Waals surface area contributed by atoms with Crippen molar-refractivity contribution in [1.82, 2.24) is 0 Å². The van der Waals surface area contributed by atoms with Crippen LogP contribution in [-0.2, 0) is 0 Å². The predicted molar refractivity (Wildman–Crippen MR) is 67.0 cm³/mol. The lowest BCUT2D eigenvalue weighted by Crippen LogP contribution is -1.99. The lowest BCUT2D eigenvalue weighted by atomic mass is 9.92. The van der Waals surface area contributed by atoms with Gasteiger partial charge in [0.25, 0.3) is 0 Å². The molecule has 0 rings (SSSR count). The molecule has 0 saturated carbocycles. The van der Waals surface area contributed by atoms with Crippen LogP contribution in [0.25, 0.3) is 0 Å². The molecule has 0 aromatic rings. The smallest absolute Gasteiger partial charge is 0.0258 e. The molecule has 0 aliphatic rings. The summed E-state index contributed by atoms with van der Waals surface area (Å²) in [6, 6.07) is 0. The van der Waals surface area contributed by atoms with Crippen LogP contribution in [0.5, 0.6) is 0 Å². The van der Waals surface area contributed by atoms with Crippen LogP contribution < -0.4 is 0 Å². The van der Waals surface area contributed by atoms with Crippen LogP contribution >= 0.6 is 11.6 Å². The Morgan fingerprint density at radius 1 is 1.36 bits per heavy atom. The molecule has 0 saturated heterocycles. The van der Waals surface area contributed by atoms with Crippen molar-refractivity contribution in [2.45, 2.75) is 59.3 Å². The monoisotopic (exact) mass is 216 g/mol. The topological polar surface area (TPSA) is 0 Å². The first kappa shape index (κ1) is 14.0. The Kier molecular flexibility index (Phi) is 9.60. The number of unbranched alkanes of at least 4 members (excludes halogenated alkanes) is 1. The van der Waals surface area contributed by atoms with E-state index in [4.69, 9.17) is 11.6 Å². The highest BCUT2D eigenvalue weighted by Gasteiger charge is 2.05. The average Bonchev–Trinajstić information content (AvgIpc) is 2.21. The van der Waals surface area contributed by atoms with Gasteiger partial charge < -0.3 is 0 Å². The van der Waals surface area contributed by atoms with Crippen LogP contribution in [0, 0.1) is 5.92 Å². The number of rotatable bonds is 8. The summed E-state index contributed by atoms with van der Waals surface area (Å²) >= 11 is 5.66. The highest BCUT2D eigenvalue weighted by Crippen LogP contribution is 2.21. The zero-order valence-corrected chi connectivity index (χ0v) is 10.7. The van der Waals surface area contributed by atoms with Crippen molar-refractivity contribution < 1.29 is 0 Å². The van der Waals surface area contributed by atoms with Crippen molar-refractivity contribution in [2.75, 3.05) is 5.88 Å². The molecule has 0 spiro atoms. The maximum atomic E-state index is 5.66. The van der Waals surface area contributed by atoms with E-state index in [9.17, 15) is 0 Å². The number of alkyl halides is 1. The number of halogens is 1. The van der Waals surface area contributed by atoms with E-state index < -0.39 is 0 Å². The molecule has 0 radical (unpaired) electrons. The first-order chi connectivity index (χ1) is 6.74. The van der Waals surface area contributed by atoms with Crippen molar-refractivity contribution in [1.29, 1.82) is 0 Å². The summed E-state index contributed by atoms with van der Waals surface area (Å²) in [7, 11) is 0. The molecular formula is C13H25Cl. The molecule has 0 nitrogen and oxygen atoms in total. The molecule has 84 valence electrons. The van der Waals surface area contributed by atoms with Gasteiger partial charge in [0, 0.05) is 5.88 Å². The van der Waals surface area contributed by atoms with Gasteiger partial charge in [0.1, 0.15) is 0 Å². The fourth-order valence-corrected chi connectivity index (χ4v) is 1.89. The molecule has 14 heavy (non-hydrogen) atoms. The van der Waals surface area contributed by atoms with Crippen molar-refractivity contribution in [2.24, 2.45) is 5.92 Å². The highest BCUT2D eigenvalue weighted by atomic mass is 35.5. The third-order valence-electron chi connectivity index (χ3n) is 2.76. The number of allylic oxidation sites excluding steroid dienone is 2. The van der Waals surface area contributed by atoms with E-state index in [0.717, 1.165) is 18.2 Å². The van der Waals surface area contributed by atoms with Gasteiger partial charge in [-0.25, -0.2) is 0 Å². The van der Waals surface area contributed by atoms with E-state index in [1.165, 1.54) is 37.7 Å². The SMILES string of the molecule is CCCCC(CC)CC(C)=CCCCl. The van der Waals surface area contributed by atoms with Crippen molar-refractivity contribution in [3.8, 4) is 0 Å². The molecule has 0 aliphatic heterocycles. The maximum Gasteiger partial charge on any atom is 0.0258 e. The fraction of sp³-hybridized carbons (Fsp3) is 0.846. The summed E-state index contributed by atoms with van der Waals surface area (Å²) in [5, 5.41) is 0. The number of hydrogen-bond acceptors (Lipinski definition) is 0. The van der Waals surface area contributed by atoms with Gasteiger partial charge >= 0.3 is 0 Å². The highest BCUT2D eigenvalue weighted by molar-refractivity contribution is 6.17. The molecule has 0 N–H and O–H groups in total. The van der Waals surface area contributed by atoms with E-state index in [0.29, 0.717) is 0 Å². The Labute approximate surface area is 94.7 Å². The molecule has 1 heteroatoms. The zero-order valence-electron chi connectivity index (χ0n) is 9.98. The van der Waals surface area contributed by atoms with Crippen molar-refractivity contribution in [3.05, 3.63) is 11.6 Å². The van der Waals surface area contributed by atoms with E-state index in [2.05, 4.69) is 26.8 Å². The Morgan fingerprint density at radius 2 is 2.07 bits per heavy atom. The third-order valence-corrected chi connectivity index (χ3v) is 2.97. The summed E-state index contributed by atoms with van der Waals surface area (Å²) in [4.78, 5) is 0. The molecule has 0 amide bonds. The van der Waals surface area contributed by atoms with Gasteiger partial charge in [-0.2, -0.15) is 0 Å². The molecule has 0 aliphatic carbocycles. The van der Waals surface area contributed by atoms with E-state index in [-0.39, 0.29) is 0 Å². The average molecular weight is 217 g/mol. The van der Waals surface area contributed by atoms with Gasteiger partial charge in [0.2, 0.25) is 0 Å². The third kappa shape index (κ3) is 7.44. The fourth-order valence-electron chi connectivity index (χ4n) is 1.78. The molecule has 0 aromatic heterocycles. The van der Waals surface area contributed by atoms with Crippen LogP contribution in [0.15, 0.2) is 11.6 Å². The molecule has 1 unspecified atom stereocenters. The van der Waals surface area contributed by atoms with Gasteiger partial charge in [-0.15, -0.1) is 11.6 Å². The minimum Gasteiger partial charge on any atom is -0.126 e. The Bertz CT molecular complexity index is 149. The predicted octanol–water partition coefficient (Wildman–Crippen LogP) is 5.17. The Morgan fingerprint density at radius 3 is 2.57 bits per heavy atom. The second-order valence-corrected chi connectivity index (χ2v) is 4.53. The summed E-state index contributed by atoms with van der Waals surface area (Å²) in [5.74, 6) is 1.64. The normalized spacial score (nSPS) is 14.4. The molecule has 0 heterocycles. The van der Waals surface area contributed by atoms with Crippen LogP contribution in [0.2, 0.25) is 0 Å². The molecular weight excluding hydrogens is 192 g/mol. The first-order valence-corrected chi connectivity index (χ1v) is 6.49. The van der Waals surface area contributed by atoms with Crippen LogP contribution in [0.4, 0.5) is 0 Å². The van der Waals surface area contributed by atoms with E-state index in [1.807, 2.05) is 0 Å². The van der Waals surface area contributed by atoms with Gasteiger partial charge in [-0.05, 0) is 25.7 Å². The number of hydrogen-bond donors (Lipinski definition) is 0. The summed E-state index contributed by atoms with van der Waals surface area (Å²) in [5.41, 5.74) is 1.52. The minimum atomic E-state index is 0.753. The molecule has 0 aromatic carbocycles. The largest absolute Gasteiger partial charge is 0.126 e. The lowest BCUT2D eigenvalue weighted by Gasteiger charge is -2.14. The quantitative estimate of drug-likeness (QED) is 0.388. The van der Waals surface area contributed by atoms with Gasteiger partial charge in [-0.3, -0.25) is 0 Å². The van der Waals surface area contributed by atoms with Crippen LogP contribution in [0.3, 0.4) is 0 Å². The zero-order chi connectivity index (χ0) is 10.8. The van der Waals surface area contributed by atoms with Crippen molar-refractivity contribution >= 4 is 11.6 Å². The molecule has 0 fully saturated rings. The van der Waals surface area contributed by atoms with Gasteiger partial charge in [0.05, 0.1) is 0 Å². The van der Waals surface area contributed by atoms with E-state index >= 15 is 0 Å². The van der Waals surface area contributed by atoms with Crippen molar-refractivity contribution in [3.63, 3.8) is 0 Å². The Balaban J connectivity index is 3.78. The molecule has 0 bridgehead atoms. The van der Waals surface area contributed by atoms with E-state index in [1.54, 1.807) is 0 Å². The summed E-state index contributed by atoms with van der Waals surface area (Å²) in [6.45, 7) is 6.80.